The molecular weight excluding hydrogens is 223 g/mol. The van der Waals surface area contributed by atoms with Gasteiger partial charge in [0.15, 0.2) is 0 Å². The molecule has 0 spiro atoms. The van der Waals surface area contributed by atoms with E-state index in [1.807, 2.05) is 6.07 Å². The standard InChI is InChI=1S/C9H10Cl2N2O/c10-8-3-1-2-6(9(8)11)4-7(12)5-13-14/h1-3,5,7,14H,4,12H2/b13-5-. The Bertz CT molecular complexity index is 342. The predicted molar refractivity (Wildman–Crippen MR) is 58.4 cm³/mol. The maximum Gasteiger partial charge on any atom is 0.0624 e. The molecule has 0 bridgehead atoms. The second-order valence-corrected chi connectivity index (χ2v) is 3.63. The summed E-state index contributed by atoms with van der Waals surface area (Å²) in [5.74, 6) is 0. The summed E-state index contributed by atoms with van der Waals surface area (Å²) in [7, 11) is 0. The topological polar surface area (TPSA) is 58.6 Å². The van der Waals surface area contributed by atoms with Gasteiger partial charge in [-0.05, 0) is 18.1 Å². The summed E-state index contributed by atoms with van der Waals surface area (Å²) < 4.78 is 0. The van der Waals surface area contributed by atoms with Crippen molar-refractivity contribution in [2.45, 2.75) is 12.5 Å². The van der Waals surface area contributed by atoms with Gasteiger partial charge in [-0.3, -0.25) is 0 Å². The summed E-state index contributed by atoms with van der Waals surface area (Å²) in [6.45, 7) is 0. The average Bonchev–Trinajstić information content (AvgIpc) is 2.13. The molecule has 0 heterocycles. The minimum atomic E-state index is -0.365. The van der Waals surface area contributed by atoms with Crippen molar-refractivity contribution in [3.05, 3.63) is 33.8 Å². The van der Waals surface area contributed by atoms with E-state index in [-0.39, 0.29) is 6.04 Å². The summed E-state index contributed by atoms with van der Waals surface area (Å²) in [4.78, 5) is 0. The molecule has 0 aromatic heterocycles. The third-order valence-electron chi connectivity index (χ3n) is 1.75. The molecule has 5 heteroatoms. The molecule has 1 rings (SSSR count). The maximum absolute atomic E-state index is 8.27. The monoisotopic (exact) mass is 232 g/mol. The second-order valence-electron chi connectivity index (χ2n) is 2.85. The smallest absolute Gasteiger partial charge is 0.0624 e. The molecule has 0 amide bonds. The van der Waals surface area contributed by atoms with Gasteiger partial charge in [-0.2, -0.15) is 0 Å². The fraction of sp³-hybridized carbons (Fsp3) is 0.222. The Balaban J connectivity index is 2.81. The number of hydrogen-bond donors (Lipinski definition) is 2. The summed E-state index contributed by atoms with van der Waals surface area (Å²) in [5, 5.41) is 12.1. The molecule has 0 fully saturated rings. The zero-order valence-electron chi connectivity index (χ0n) is 7.32. The molecule has 0 aliphatic heterocycles. The molecule has 3 nitrogen and oxygen atoms in total. The molecule has 0 aliphatic carbocycles. The molecule has 14 heavy (non-hydrogen) atoms. The van der Waals surface area contributed by atoms with E-state index in [9.17, 15) is 0 Å². The minimum Gasteiger partial charge on any atom is -0.411 e. The summed E-state index contributed by atoms with van der Waals surface area (Å²) in [5.41, 5.74) is 6.46. The minimum absolute atomic E-state index is 0.365. The van der Waals surface area contributed by atoms with E-state index in [0.29, 0.717) is 16.5 Å². The van der Waals surface area contributed by atoms with Gasteiger partial charge >= 0.3 is 0 Å². The second kappa shape index (κ2) is 5.20. The van der Waals surface area contributed by atoms with E-state index in [1.54, 1.807) is 12.1 Å². The van der Waals surface area contributed by atoms with Gasteiger partial charge in [0.05, 0.1) is 16.3 Å². The van der Waals surface area contributed by atoms with Gasteiger partial charge < -0.3 is 10.9 Å². The SMILES string of the molecule is NC(/C=N\O)Cc1cccc(Cl)c1Cl. The number of benzene rings is 1. The van der Waals surface area contributed by atoms with Gasteiger partial charge in [-0.25, -0.2) is 0 Å². The highest BCUT2D eigenvalue weighted by Crippen LogP contribution is 2.25. The third kappa shape index (κ3) is 2.87. The van der Waals surface area contributed by atoms with Crippen LogP contribution in [0.4, 0.5) is 0 Å². The highest BCUT2D eigenvalue weighted by Gasteiger charge is 2.07. The number of hydrogen-bond acceptors (Lipinski definition) is 3. The van der Waals surface area contributed by atoms with Crippen molar-refractivity contribution in [1.82, 2.24) is 0 Å². The Morgan fingerprint density at radius 1 is 1.50 bits per heavy atom. The van der Waals surface area contributed by atoms with Gasteiger partial charge in [-0.15, -0.1) is 5.16 Å². The molecule has 0 aliphatic rings. The van der Waals surface area contributed by atoms with Crippen molar-refractivity contribution in [3.63, 3.8) is 0 Å². The first-order valence-corrected chi connectivity index (χ1v) is 4.76. The largest absolute Gasteiger partial charge is 0.411 e. The summed E-state index contributed by atoms with van der Waals surface area (Å²) >= 11 is 11.8. The Morgan fingerprint density at radius 2 is 2.21 bits per heavy atom. The van der Waals surface area contributed by atoms with E-state index >= 15 is 0 Å². The molecule has 1 aromatic carbocycles. The molecule has 0 saturated carbocycles. The zero-order chi connectivity index (χ0) is 10.6. The van der Waals surface area contributed by atoms with Crippen LogP contribution >= 0.6 is 23.2 Å². The average molecular weight is 233 g/mol. The fourth-order valence-electron chi connectivity index (χ4n) is 1.10. The van der Waals surface area contributed by atoms with Crippen molar-refractivity contribution >= 4 is 29.4 Å². The summed E-state index contributed by atoms with van der Waals surface area (Å²) in [6.07, 6.45) is 1.74. The Morgan fingerprint density at radius 3 is 2.86 bits per heavy atom. The number of nitrogens with two attached hydrogens (primary N) is 1. The van der Waals surface area contributed by atoms with Crippen LogP contribution in [0.15, 0.2) is 23.4 Å². The van der Waals surface area contributed by atoms with Gasteiger partial charge in [-0.1, -0.05) is 35.3 Å². The third-order valence-corrected chi connectivity index (χ3v) is 2.60. The van der Waals surface area contributed by atoms with Crippen LogP contribution < -0.4 is 5.73 Å². The van der Waals surface area contributed by atoms with Crippen LogP contribution in [0.25, 0.3) is 0 Å². The van der Waals surface area contributed by atoms with Crippen molar-refractivity contribution in [2.75, 3.05) is 0 Å². The van der Waals surface area contributed by atoms with Crippen molar-refractivity contribution in [3.8, 4) is 0 Å². The number of rotatable bonds is 3. The predicted octanol–water partition coefficient (Wildman–Crippen LogP) is 2.32. The van der Waals surface area contributed by atoms with Crippen molar-refractivity contribution < 1.29 is 5.21 Å². The van der Waals surface area contributed by atoms with Crippen LogP contribution in [0.2, 0.25) is 10.0 Å². The Labute approximate surface area is 92.1 Å². The molecular formula is C9H10Cl2N2O. The first-order chi connectivity index (χ1) is 6.65. The lowest BCUT2D eigenvalue weighted by Crippen LogP contribution is -2.24. The molecule has 0 saturated heterocycles. The number of halogens is 2. The number of oxime groups is 1. The molecule has 76 valence electrons. The van der Waals surface area contributed by atoms with Crippen LogP contribution in [0, 0.1) is 0 Å². The fourth-order valence-corrected chi connectivity index (χ4v) is 1.50. The van der Waals surface area contributed by atoms with Gasteiger partial charge in [0.1, 0.15) is 0 Å². The van der Waals surface area contributed by atoms with Crippen LogP contribution in [0.5, 0.6) is 0 Å². The van der Waals surface area contributed by atoms with Gasteiger partial charge in [0.25, 0.3) is 0 Å². The first kappa shape index (κ1) is 11.3. The lowest BCUT2D eigenvalue weighted by Gasteiger charge is -2.07. The maximum atomic E-state index is 8.27. The molecule has 1 atom stereocenters. The normalized spacial score (nSPS) is 13.4. The zero-order valence-corrected chi connectivity index (χ0v) is 8.83. The van der Waals surface area contributed by atoms with Crippen LogP contribution in [0.3, 0.4) is 0 Å². The van der Waals surface area contributed by atoms with E-state index in [4.69, 9.17) is 34.1 Å². The highest BCUT2D eigenvalue weighted by molar-refractivity contribution is 6.42. The highest BCUT2D eigenvalue weighted by atomic mass is 35.5. The van der Waals surface area contributed by atoms with E-state index in [1.165, 1.54) is 6.21 Å². The molecule has 3 N–H and O–H groups in total. The van der Waals surface area contributed by atoms with Crippen molar-refractivity contribution in [2.24, 2.45) is 10.9 Å². The van der Waals surface area contributed by atoms with E-state index in [2.05, 4.69) is 5.16 Å². The molecule has 0 radical (unpaired) electrons. The van der Waals surface area contributed by atoms with Gasteiger partial charge in [0.2, 0.25) is 0 Å². The molecule has 1 unspecified atom stereocenters. The molecule has 1 aromatic rings. The quantitative estimate of drug-likeness (QED) is 0.478. The van der Waals surface area contributed by atoms with E-state index in [0.717, 1.165) is 5.56 Å². The Kier molecular flexibility index (Phi) is 4.20. The summed E-state index contributed by atoms with van der Waals surface area (Å²) in [6, 6.07) is 4.97. The lowest BCUT2D eigenvalue weighted by molar-refractivity contribution is 0.319. The lowest BCUT2D eigenvalue weighted by atomic mass is 10.1. The first-order valence-electron chi connectivity index (χ1n) is 4.01. The van der Waals surface area contributed by atoms with E-state index < -0.39 is 0 Å². The van der Waals surface area contributed by atoms with Crippen LogP contribution in [-0.2, 0) is 6.42 Å². The van der Waals surface area contributed by atoms with Crippen LogP contribution in [0.1, 0.15) is 5.56 Å². The van der Waals surface area contributed by atoms with Gasteiger partial charge in [0, 0.05) is 6.04 Å². The Hall–Kier alpha value is -0.770. The number of nitrogens with zero attached hydrogens (tertiary/aromatic N) is 1. The van der Waals surface area contributed by atoms with Crippen LogP contribution in [-0.4, -0.2) is 17.5 Å². The van der Waals surface area contributed by atoms with Crippen molar-refractivity contribution in [1.29, 1.82) is 0 Å².